The summed E-state index contributed by atoms with van der Waals surface area (Å²) in [4.78, 5) is 2.63. The Morgan fingerprint density at radius 2 is 1.78 bits per heavy atom. The zero-order valence-corrected chi connectivity index (χ0v) is 20.7. The molecule has 36 heavy (non-hydrogen) atoms. The van der Waals surface area contributed by atoms with Gasteiger partial charge in [0.25, 0.3) is 0 Å². The van der Waals surface area contributed by atoms with E-state index >= 15 is 0 Å². The van der Waals surface area contributed by atoms with Crippen LogP contribution in [0.5, 0.6) is 0 Å². The molecule has 1 aliphatic heterocycles. The predicted molar refractivity (Wildman–Crippen MR) is 151 cm³/mol. The zero-order valence-electron chi connectivity index (χ0n) is 20.7. The first-order chi connectivity index (χ1) is 17.9. The molecule has 2 nitrogen and oxygen atoms in total. The molecule has 2 heteroatoms. The molecule has 7 rings (SSSR count). The molecule has 4 aliphatic carbocycles. The van der Waals surface area contributed by atoms with Crippen LogP contribution in [0.3, 0.4) is 0 Å². The summed E-state index contributed by atoms with van der Waals surface area (Å²) >= 11 is 0. The standard InChI is InChI=1S/C34H32N2/c1-2-14-26(15-3-1)35-31-20-10-22-33-34(31)30-18-6-7-21-32(30)36(33)27-16-8-13-25(23-27)29-19-9-12-24-11-4-5-17-28(24)29/h1-2,5-10,12-14,16-21,25,33,35H,3-4,11,15,22-23H2. The second-order valence-corrected chi connectivity index (χ2v) is 10.4. The van der Waals surface area contributed by atoms with Crippen LogP contribution in [0.1, 0.15) is 60.3 Å². The van der Waals surface area contributed by atoms with E-state index in [2.05, 4.69) is 113 Å². The summed E-state index contributed by atoms with van der Waals surface area (Å²) in [6.45, 7) is 0. The van der Waals surface area contributed by atoms with Crippen molar-refractivity contribution in [2.24, 2.45) is 0 Å². The number of benzene rings is 2. The largest absolute Gasteiger partial charge is 0.359 e. The number of anilines is 1. The van der Waals surface area contributed by atoms with E-state index in [-0.39, 0.29) is 0 Å². The van der Waals surface area contributed by atoms with Crippen LogP contribution in [-0.2, 0) is 6.42 Å². The van der Waals surface area contributed by atoms with E-state index in [0.717, 1.165) is 38.5 Å². The van der Waals surface area contributed by atoms with Crippen molar-refractivity contribution >= 4 is 17.3 Å². The van der Waals surface area contributed by atoms with Gasteiger partial charge < -0.3 is 10.2 Å². The fourth-order valence-corrected chi connectivity index (χ4v) is 6.56. The highest BCUT2D eigenvalue weighted by Crippen LogP contribution is 2.49. The Morgan fingerprint density at radius 1 is 0.833 bits per heavy atom. The first-order valence-electron chi connectivity index (χ1n) is 13.4. The van der Waals surface area contributed by atoms with Gasteiger partial charge in [-0.3, -0.25) is 0 Å². The highest BCUT2D eigenvalue weighted by atomic mass is 15.2. The van der Waals surface area contributed by atoms with Gasteiger partial charge in [-0.05, 0) is 79.5 Å². The molecular formula is C34H32N2. The monoisotopic (exact) mass is 468 g/mol. The molecule has 2 aromatic carbocycles. The van der Waals surface area contributed by atoms with Gasteiger partial charge in [0.15, 0.2) is 0 Å². The highest BCUT2D eigenvalue weighted by molar-refractivity contribution is 5.92. The SMILES string of the molecule is C1=CCCC(NC2=C3c4ccccc4N(C4=CC=CC(c5cccc6c5C=CCC6)C4)C3CC=C2)=C1. The van der Waals surface area contributed by atoms with Gasteiger partial charge in [0.05, 0.1) is 6.04 Å². The van der Waals surface area contributed by atoms with Crippen molar-refractivity contribution in [1.29, 1.82) is 0 Å². The van der Waals surface area contributed by atoms with Crippen LogP contribution in [0.15, 0.2) is 114 Å². The lowest BCUT2D eigenvalue weighted by atomic mass is 9.83. The number of aryl methyl sites for hydroxylation is 1. The van der Waals surface area contributed by atoms with E-state index < -0.39 is 0 Å². The van der Waals surface area contributed by atoms with Crippen LogP contribution < -0.4 is 10.2 Å². The van der Waals surface area contributed by atoms with E-state index in [4.69, 9.17) is 0 Å². The Balaban J connectivity index is 1.25. The number of para-hydroxylation sites is 1. The maximum absolute atomic E-state index is 3.80. The molecule has 0 radical (unpaired) electrons. The minimum Gasteiger partial charge on any atom is -0.359 e. The first kappa shape index (κ1) is 21.5. The molecular weight excluding hydrogens is 436 g/mol. The fraction of sp³-hybridized carbons (Fsp3) is 0.235. The van der Waals surface area contributed by atoms with Gasteiger partial charge >= 0.3 is 0 Å². The lowest BCUT2D eigenvalue weighted by Gasteiger charge is -2.34. The first-order valence-corrected chi connectivity index (χ1v) is 13.4. The molecule has 0 saturated carbocycles. The summed E-state index contributed by atoms with van der Waals surface area (Å²) in [6.07, 6.45) is 29.6. The van der Waals surface area contributed by atoms with E-state index in [1.165, 1.54) is 50.6 Å². The van der Waals surface area contributed by atoms with Crippen molar-refractivity contribution in [2.75, 3.05) is 4.90 Å². The molecule has 0 spiro atoms. The van der Waals surface area contributed by atoms with Gasteiger partial charge in [-0.1, -0.05) is 78.9 Å². The van der Waals surface area contributed by atoms with Crippen LogP contribution in [0, 0.1) is 0 Å². The van der Waals surface area contributed by atoms with Crippen LogP contribution in [0.25, 0.3) is 11.6 Å². The minimum absolute atomic E-state index is 0.331. The molecule has 0 aromatic heterocycles. The summed E-state index contributed by atoms with van der Waals surface area (Å²) in [7, 11) is 0. The number of nitrogens with zero attached hydrogens (tertiary/aromatic N) is 1. The molecule has 5 aliphatic rings. The average molecular weight is 469 g/mol. The lowest BCUT2D eigenvalue weighted by Crippen LogP contribution is -2.34. The minimum atomic E-state index is 0.331. The third-order valence-electron chi connectivity index (χ3n) is 8.21. The third-order valence-corrected chi connectivity index (χ3v) is 8.21. The van der Waals surface area contributed by atoms with Crippen LogP contribution in [0.4, 0.5) is 5.69 Å². The molecule has 0 fully saturated rings. The quantitative estimate of drug-likeness (QED) is 0.490. The van der Waals surface area contributed by atoms with Gasteiger partial charge in [0.1, 0.15) is 0 Å². The molecule has 1 N–H and O–H groups in total. The van der Waals surface area contributed by atoms with Crippen LogP contribution in [-0.4, -0.2) is 6.04 Å². The smallest absolute Gasteiger partial charge is 0.0650 e. The topological polar surface area (TPSA) is 15.3 Å². The lowest BCUT2D eigenvalue weighted by molar-refractivity contribution is 0.709. The van der Waals surface area contributed by atoms with Crippen molar-refractivity contribution in [3.8, 4) is 0 Å². The normalized spacial score (nSPS) is 23.7. The van der Waals surface area contributed by atoms with E-state index in [1.807, 2.05) is 0 Å². The number of hydrogen-bond donors (Lipinski definition) is 1. The number of nitrogens with one attached hydrogen (secondary N) is 1. The molecule has 178 valence electrons. The van der Waals surface area contributed by atoms with Crippen molar-refractivity contribution in [3.63, 3.8) is 0 Å². The van der Waals surface area contributed by atoms with Gasteiger partial charge in [-0.15, -0.1) is 0 Å². The van der Waals surface area contributed by atoms with Crippen LogP contribution >= 0.6 is 0 Å². The van der Waals surface area contributed by atoms with E-state index in [0.29, 0.717) is 12.0 Å². The number of rotatable bonds is 4. The highest BCUT2D eigenvalue weighted by Gasteiger charge is 2.38. The average Bonchev–Trinajstić information content (AvgIpc) is 3.29. The fourth-order valence-electron chi connectivity index (χ4n) is 6.56. The second kappa shape index (κ2) is 9.02. The Kier molecular flexibility index (Phi) is 5.39. The molecule has 0 amide bonds. The number of allylic oxidation sites excluding steroid dienone is 10. The maximum atomic E-state index is 3.80. The Bertz CT molecular complexity index is 1420. The molecule has 0 saturated heterocycles. The number of hydrogen-bond acceptors (Lipinski definition) is 2. The molecule has 1 heterocycles. The second-order valence-electron chi connectivity index (χ2n) is 10.4. The predicted octanol–water partition coefficient (Wildman–Crippen LogP) is 7.96. The molecule has 2 atom stereocenters. The molecule has 0 bridgehead atoms. The summed E-state index contributed by atoms with van der Waals surface area (Å²) in [6, 6.07) is 16.2. The summed E-state index contributed by atoms with van der Waals surface area (Å²) in [5.74, 6) is 0.402. The Morgan fingerprint density at radius 3 is 2.72 bits per heavy atom. The molecule has 2 aromatic rings. The zero-order chi connectivity index (χ0) is 23.9. The Hall–Kier alpha value is -3.78. The van der Waals surface area contributed by atoms with Crippen molar-refractivity contribution in [3.05, 3.63) is 136 Å². The number of fused-ring (bicyclic) bond motifs is 4. The van der Waals surface area contributed by atoms with Crippen molar-refractivity contribution in [2.45, 2.75) is 50.5 Å². The molecule has 2 unspecified atom stereocenters. The van der Waals surface area contributed by atoms with E-state index in [9.17, 15) is 0 Å². The Labute approximate surface area is 214 Å². The van der Waals surface area contributed by atoms with E-state index in [1.54, 1.807) is 0 Å². The summed E-state index contributed by atoms with van der Waals surface area (Å²) < 4.78 is 0. The van der Waals surface area contributed by atoms with Crippen LogP contribution in [0.2, 0.25) is 0 Å². The van der Waals surface area contributed by atoms with Gasteiger partial charge in [-0.25, -0.2) is 0 Å². The summed E-state index contributed by atoms with van der Waals surface area (Å²) in [5.41, 5.74) is 12.5. The van der Waals surface area contributed by atoms with Gasteiger partial charge in [0.2, 0.25) is 0 Å². The van der Waals surface area contributed by atoms with Gasteiger partial charge in [-0.2, -0.15) is 0 Å². The van der Waals surface area contributed by atoms with Crippen molar-refractivity contribution in [1.82, 2.24) is 5.32 Å². The third kappa shape index (κ3) is 3.64. The maximum Gasteiger partial charge on any atom is 0.0650 e. The van der Waals surface area contributed by atoms with Gasteiger partial charge in [0, 0.05) is 39.8 Å². The summed E-state index contributed by atoms with van der Waals surface area (Å²) in [5, 5.41) is 3.80. The van der Waals surface area contributed by atoms with Crippen molar-refractivity contribution < 1.29 is 0 Å².